The SMILES string of the molecule is NC(C1CCOC2(CCCC2)C1)C1CCCCS1. The predicted octanol–water partition coefficient (Wildman–Crippen LogP) is 3.34. The molecule has 18 heavy (non-hydrogen) atoms. The van der Waals surface area contributed by atoms with Gasteiger partial charge in [0.15, 0.2) is 0 Å². The molecule has 3 rings (SSSR count). The molecule has 0 aromatic rings. The van der Waals surface area contributed by atoms with Crippen molar-refractivity contribution in [3.63, 3.8) is 0 Å². The maximum Gasteiger partial charge on any atom is 0.0685 e. The molecule has 0 amide bonds. The van der Waals surface area contributed by atoms with Crippen LogP contribution < -0.4 is 5.73 Å². The monoisotopic (exact) mass is 269 g/mol. The Labute approximate surface area is 115 Å². The third-order valence-electron chi connectivity index (χ3n) is 5.23. The number of ether oxygens (including phenoxy) is 1. The Bertz CT molecular complexity index is 272. The van der Waals surface area contributed by atoms with Crippen LogP contribution in [0.15, 0.2) is 0 Å². The van der Waals surface area contributed by atoms with Crippen molar-refractivity contribution in [1.82, 2.24) is 0 Å². The zero-order valence-corrected chi connectivity index (χ0v) is 12.2. The highest BCUT2D eigenvalue weighted by Crippen LogP contribution is 2.44. The Hall–Kier alpha value is 0.270. The minimum atomic E-state index is 0.236. The van der Waals surface area contributed by atoms with Crippen molar-refractivity contribution in [1.29, 1.82) is 0 Å². The van der Waals surface area contributed by atoms with Gasteiger partial charge in [-0.3, -0.25) is 0 Å². The van der Waals surface area contributed by atoms with Gasteiger partial charge in [0, 0.05) is 17.9 Å². The molecule has 3 fully saturated rings. The van der Waals surface area contributed by atoms with Gasteiger partial charge in [0.2, 0.25) is 0 Å². The minimum absolute atomic E-state index is 0.236. The molecule has 2 N–H and O–H groups in total. The van der Waals surface area contributed by atoms with E-state index in [9.17, 15) is 0 Å². The van der Waals surface area contributed by atoms with Crippen molar-refractivity contribution in [2.24, 2.45) is 11.7 Å². The second-order valence-corrected chi connectivity index (χ2v) is 7.82. The van der Waals surface area contributed by atoms with Crippen molar-refractivity contribution in [3.05, 3.63) is 0 Å². The van der Waals surface area contributed by atoms with E-state index < -0.39 is 0 Å². The van der Waals surface area contributed by atoms with Gasteiger partial charge >= 0.3 is 0 Å². The highest BCUT2D eigenvalue weighted by molar-refractivity contribution is 8.00. The van der Waals surface area contributed by atoms with Gasteiger partial charge in [0.25, 0.3) is 0 Å². The van der Waals surface area contributed by atoms with E-state index in [0.717, 1.165) is 11.9 Å². The standard InChI is InChI=1S/C15H27NOS/c16-14(13-5-1-4-10-18-13)12-6-9-17-15(11-12)7-2-3-8-15/h12-14H,1-11,16H2. The lowest BCUT2D eigenvalue weighted by molar-refractivity contribution is -0.0962. The molecule has 3 aliphatic rings. The summed E-state index contributed by atoms with van der Waals surface area (Å²) in [5.74, 6) is 2.04. The average Bonchev–Trinajstić information content (AvgIpc) is 2.87. The lowest BCUT2D eigenvalue weighted by atomic mass is 9.79. The summed E-state index contributed by atoms with van der Waals surface area (Å²) in [4.78, 5) is 0. The molecule has 0 aromatic carbocycles. The van der Waals surface area contributed by atoms with Crippen molar-refractivity contribution in [2.45, 2.75) is 74.7 Å². The van der Waals surface area contributed by atoms with Crippen molar-refractivity contribution in [2.75, 3.05) is 12.4 Å². The van der Waals surface area contributed by atoms with Gasteiger partial charge < -0.3 is 10.5 Å². The highest BCUT2D eigenvalue weighted by Gasteiger charge is 2.42. The zero-order chi connectivity index (χ0) is 12.4. The molecule has 104 valence electrons. The largest absolute Gasteiger partial charge is 0.375 e. The lowest BCUT2D eigenvalue weighted by Crippen LogP contribution is -2.48. The van der Waals surface area contributed by atoms with E-state index in [1.54, 1.807) is 0 Å². The van der Waals surface area contributed by atoms with Crippen molar-refractivity contribution < 1.29 is 4.74 Å². The zero-order valence-electron chi connectivity index (χ0n) is 11.4. The Morgan fingerprint density at radius 1 is 1.11 bits per heavy atom. The third-order valence-corrected chi connectivity index (χ3v) is 6.74. The van der Waals surface area contributed by atoms with Crippen LogP contribution >= 0.6 is 11.8 Å². The first-order valence-corrected chi connectivity index (χ1v) is 8.85. The number of thioether (sulfide) groups is 1. The first-order valence-electron chi connectivity index (χ1n) is 7.80. The Morgan fingerprint density at radius 2 is 1.94 bits per heavy atom. The van der Waals surface area contributed by atoms with E-state index in [-0.39, 0.29) is 5.60 Å². The average molecular weight is 269 g/mol. The van der Waals surface area contributed by atoms with Gasteiger partial charge in [0.1, 0.15) is 0 Å². The molecule has 2 nitrogen and oxygen atoms in total. The summed E-state index contributed by atoms with van der Waals surface area (Å²) < 4.78 is 6.13. The summed E-state index contributed by atoms with van der Waals surface area (Å²) in [5.41, 5.74) is 6.83. The molecule has 0 radical (unpaired) electrons. The van der Waals surface area contributed by atoms with E-state index in [1.807, 2.05) is 0 Å². The molecule has 1 saturated carbocycles. The molecular weight excluding hydrogens is 242 g/mol. The summed E-state index contributed by atoms with van der Waals surface area (Å²) in [6, 6.07) is 0.414. The molecule has 2 saturated heterocycles. The molecule has 3 heteroatoms. The summed E-state index contributed by atoms with van der Waals surface area (Å²) in [6.45, 7) is 0.954. The van der Waals surface area contributed by atoms with Crippen LogP contribution in [-0.2, 0) is 4.74 Å². The number of rotatable bonds is 2. The summed E-state index contributed by atoms with van der Waals surface area (Å²) in [7, 11) is 0. The van der Waals surface area contributed by atoms with Gasteiger partial charge in [-0.1, -0.05) is 19.3 Å². The normalized spacial score (nSPS) is 37.8. The van der Waals surface area contributed by atoms with Crippen LogP contribution in [0.25, 0.3) is 0 Å². The van der Waals surface area contributed by atoms with Crippen LogP contribution in [0.1, 0.15) is 57.8 Å². The van der Waals surface area contributed by atoms with Gasteiger partial charge in [-0.25, -0.2) is 0 Å². The molecule has 2 aliphatic heterocycles. The maximum absolute atomic E-state index is 6.60. The molecule has 0 aromatic heterocycles. The third kappa shape index (κ3) is 2.73. The fourth-order valence-electron chi connectivity index (χ4n) is 4.13. The fraction of sp³-hybridized carbons (Fsp3) is 1.00. The van der Waals surface area contributed by atoms with Crippen LogP contribution in [0.5, 0.6) is 0 Å². The van der Waals surface area contributed by atoms with Crippen molar-refractivity contribution in [3.8, 4) is 0 Å². The van der Waals surface area contributed by atoms with Gasteiger partial charge in [-0.15, -0.1) is 0 Å². The Morgan fingerprint density at radius 3 is 2.67 bits per heavy atom. The molecule has 0 bridgehead atoms. The van der Waals surface area contributed by atoms with Gasteiger partial charge in [-0.05, 0) is 50.2 Å². The van der Waals surface area contributed by atoms with Gasteiger partial charge in [0.05, 0.1) is 5.60 Å². The van der Waals surface area contributed by atoms with E-state index in [0.29, 0.717) is 12.0 Å². The number of hydrogen-bond donors (Lipinski definition) is 1. The van der Waals surface area contributed by atoms with E-state index in [4.69, 9.17) is 10.5 Å². The molecule has 2 heterocycles. The van der Waals surface area contributed by atoms with Crippen molar-refractivity contribution >= 4 is 11.8 Å². The van der Waals surface area contributed by atoms with Crippen LogP contribution in [0, 0.1) is 5.92 Å². The summed E-state index contributed by atoms with van der Waals surface area (Å²) in [5, 5.41) is 0.723. The summed E-state index contributed by atoms with van der Waals surface area (Å²) in [6.07, 6.45) is 11.9. The molecule has 3 unspecified atom stereocenters. The van der Waals surface area contributed by atoms with Crippen LogP contribution in [-0.4, -0.2) is 29.3 Å². The first-order chi connectivity index (χ1) is 8.79. The van der Waals surface area contributed by atoms with Gasteiger partial charge in [-0.2, -0.15) is 11.8 Å². The molecule has 1 aliphatic carbocycles. The highest BCUT2D eigenvalue weighted by atomic mass is 32.2. The topological polar surface area (TPSA) is 35.2 Å². The van der Waals surface area contributed by atoms with E-state index >= 15 is 0 Å². The Kier molecular flexibility index (Phi) is 4.21. The second-order valence-electron chi connectivity index (χ2n) is 6.47. The van der Waals surface area contributed by atoms with Crippen LogP contribution in [0.4, 0.5) is 0 Å². The molecular formula is C15H27NOS. The first kappa shape index (κ1) is 13.3. The lowest BCUT2D eigenvalue weighted by Gasteiger charge is -2.42. The number of hydrogen-bond acceptors (Lipinski definition) is 3. The second kappa shape index (κ2) is 5.72. The van der Waals surface area contributed by atoms with Crippen LogP contribution in [0.3, 0.4) is 0 Å². The fourth-order valence-corrected chi connectivity index (χ4v) is 5.59. The van der Waals surface area contributed by atoms with Crippen LogP contribution in [0.2, 0.25) is 0 Å². The Balaban J connectivity index is 1.60. The van der Waals surface area contributed by atoms with E-state index in [1.165, 1.54) is 63.5 Å². The maximum atomic E-state index is 6.60. The molecule has 3 atom stereocenters. The minimum Gasteiger partial charge on any atom is -0.375 e. The summed E-state index contributed by atoms with van der Waals surface area (Å²) >= 11 is 2.13. The van der Waals surface area contributed by atoms with E-state index in [2.05, 4.69) is 11.8 Å². The predicted molar refractivity (Wildman–Crippen MR) is 77.9 cm³/mol. The molecule has 1 spiro atoms. The number of nitrogens with two attached hydrogens (primary N) is 1. The quantitative estimate of drug-likeness (QED) is 0.835. The smallest absolute Gasteiger partial charge is 0.0685 e.